The molecule has 4 nitrogen and oxygen atoms in total. The van der Waals surface area contributed by atoms with Gasteiger partial charge in [-0.05, 0) is 31.1 Å². The summed E-state index contributed by atoms with van der Waals surface area (Å²) in [5.41, 5.74) is -0.358. The summed E-state index contributed by atoms with van der Waals surface area (Å²) in [7, 11) is 0. The number of nitrogens with zero attached hydrogens (tertiary/aromatic N) is 3. The van der Waals surface area contributed by atoms with Crippen molar-refractivity contribution in [3.63, 3.8) is 0 Å². The van der Waals surface area contributed by atoms with Crippen molar-refractivity contribution in [2.75, 3.05) is 0 Å². The highest BCUT2D eigenvalue weighted by Crippen LogP contribution is 2.42. The Morgan fingerprint density at radius 2 is 2.17 bits per heavy atom. The third kappa shape index (κ3) is 3.10. The molecule has 0 aromatic carbocycles. The lowest BCUT2D eigenvalue weighted by atomic mass is 9.68. The van der Waals surface area contributed by atoms with Crippen molar-refractivity contribution in [3.05, 3.63) is 12.2 Å². The second-order valence-electron chi connectivity index (χ2n) is 6.50. The molecule has 0 aliphatic heterocycles. The molecule has 1 aliphatic rings. The minimum absolute atomic E-state index is 0.239. The van der Waals surface area contributed by atoms with Crippen molar-refractivity contribution in [2.24, 2.45) is 5.41 Å². The second-order valence-corrected chi connectivity index (χ2v) is 6.50. The predicted molar refractivity (Wildman–Crippen MR) is 71.2 cm³/mol. The van der Waals surface area contributed by atoms with E-state index in [-0.39, 0.29) is 5.41 Å². The molecule has 102 valence electrons. The Balaban J connectivity index is 2.09. The first-order valence-corrected chi connectivity index (χ1v) is 7.03. The van der Waals surface area contributed by atoms with Gasteiger partial charge in [0.25, 0.3) is 0 Å². The van der Waals surface area contributed by atoms with Crippen LogP contribution in [0.15, 0.2) is 6.33 Å². The highest BCUT2D eigenvalue weighted by atomic mass is 16.3. The molecule has 1 fully saturated rings. The van der Waals surface area contributed by atoms with Crippen molar-refractivity contribution in [1.82, 2.24) is 14.8 Å². The molecule has 1 aromatic rings. The molecule has 0 bridgehead atoms. The van der Waals surface area contributed by atoms with Crippen LogP contribution in [-0.2, 0) is 13.0 Å². The second kappa shape index (κ2) is 5.00. The lowest BCUT2D eigenvalue weighted by Gasteiger charge is -2.41. The Hall–Kier alpha value is -0.900. The molecule has 18 heavy (non-hydrogen) atoms. The Kier molecular flexibility index (Phi) is 3.76. The van der Waals surface area contributed by atoms with E-state index in [2.05, 4.69) is 30.9 Å². The van der Waals surface area contributed by atoms with Gasteiger partial charge in [-0.2, -0.15) is 5.10 Å². The van der Waals surface area contributed by atoms with Gasteiger partial charge < -0.3 is 5.11 Å². The molecule has 1 heterocycles. The lowest BCUT2D eigenvalue weighted by Crippen LogP contribution is -2.41. The van der Waals surface area contributed by atoms with Gasteiger partial charge in [0.05, 0.1) is 5.60 Å². The maximum Gasteiger partial charge on any atom is 0.138 e. The van der Waals surface area contributed by atoms with Crippen LogP contribution in [0.5, 0.6) is 0 Å². The molecule has 1 N–H and O–H groups in total. The van der Waals surface area contributed by atoms with E-state index in [4.69, 9.17) is 0 Å². The summed E-state index contributed by atoms with van der Waals surface area (Å²) in [6.07, 6.45) is 7.33. The van der Waals surface area contributed by atoms with Crippen molar-refractivity contribution < 1.29 is 5.11 Å². The third-order valence-corrected chi connectivity index (χ3v) is 3.92. The first kappa shape index (κ1) is 13.5. The van der Waals surface area contributed by atoms with Crippen LogP contribution in [0.1, 0.15) is 58.7 Å². The fraction of sp³-hybridized carbons (Fsp3) is 0.857. The summed E-state index contributed by atoms with van der Waals surface area (Å²) in [6.45, 7) is 7.50. The van der Waals surface area contributed by atoms with Gasteiger partial charge >= 0.3 is 0 Å². The van der Waals surface area contributed by atoms with E-state index < -0.39 is 5.60 Å². The van der Waals surface area contributed by atoms with Crippen LogP contribution in [0.2, 0.25) is 0 Å². The van der Waals surface area contributed by atoms with Crippen LogP contribution < -0.4 is 0 Å². The van der Waals surface area contributed by atoms with Crippen molar-refractivity contribution in [2.45, 2.75) is 71.4 Å². The van der Waals surface area contributed by atoms with Gasteiger partial charge in [-0.1, -0.05) is 27.2 Å². The van der Waals surface area contributed by atoms with Crippen molar-refractivity contribution >= 4 is 0 Å². The molecule has 0 saturated heterocycles. The fourth-order valence-electron chi connectivity index (χ4n) is 3.23. The number of aromatic nitrogens is 3. The van der Waals surface area contributed by atoms with Crippen LogP contribution >= 0.6 is 0 Å². The quantitative estimate of drug-likeness (QED) is 0.894. The van der Waals surface area contributed by atoms with Crippen LogP contribution in [0, 0.1) is 5.41 Å². The molecule has 1 aromatic heterocycles. The average molecular weight is 251 g/mol. The molecule has 0 amide bonds. The number of aryl methyl sites for hydroxylation is 1. The summed E-state index contributed by atoms with van der Waals surface area (Å²) >= 11 is 0. The normalized spacial score (nSPS) is 27.3. The Morgan fingerprint density at radius 3 is 2.83 bits per heavy atom. The topological polar surface area (TPSA) is 50.9 Å². The minimum Gasteiger partial charge on any atom is -0.389 e. The molecule has 1 atom stereocenters. The van der Waals surface area contributed by atoms with Gasteiger partial charge in [0.15, 0.2) is 0 Å². The first-order valence-electron chi connectivity index (χ1n) is 7.03. The number of rotatable bonds is 4. The van der Waals surface area contributed by atoms with Crippen LogP contribution in [0.4, 0.5) is 0 Å². The zero-order valence-corrected chi connectivity index (χ0v) is 11.8. The van der Waals surface area contributed by atoms with E-state index in [0.29, 0.717) is 6.42 Å². The zero-order valence-electron chi connectivity index (χ0n) is 11.8. The van der Waals surface area contributed by atoms with Crippen molar-refractivity contribution in [3.8, 4) is 0 Å². The maximum atomic E-state index is 10.8. The minimum atomic E-state index is -0.597. The molecule has 1 saturated carbocycles. The van der Waals surface area contributed by atoms with E-state index in [1.807, 2.05) is 4.68 Å². The summed E-state index contributed by atoms with van der Waals surface area (Å²) in [4.78, 5) is 4.31. The van der Waals surface area contributed by atoms with Crippen LogP contribution in [0.3, 0.4) is 0 Å². The van der Waals surface area contributed by atoms with Crippen LogP contribution in [0.25, 0.3) is 0 Å². The largest absolute Gasteiger partial charge is 0.389 e. The lowest BCUT2D eigenvalue weighted by molar-refractivity contribution is -0.0402. The highest BCUT2D eigenvalue weighted by molar-refractivity contribution is 4.99. The monoisotopic (exact) mass is 251 g/mol. The van der Waals surface area contributed by atoms with Gasteiger partial charge in [-0.3, -0.25) is 4.68 Å². The van der Waals surface area contributed by atoms with E-state index >= 15 is 0 Å². The first-order chi connectivity index (χ1) is 8.44. The van der Waals surface area contributed by atoms with Gasteiger partial charge in [0.2, 0.25) is 0 Å². The molecule has 2 rings (SSSR count). The maximum absolute atomic E-state index is 10.8. The summed E-state index contributed by atoms with van der Waals surface area (Å²) in [5.74, 6) is 0.928. The van der Waals surface area contributed by atoms with Gasteiger partial charge in [-0.25, -0.2) is 4.98 Å². The molecule has 4 heteroatoms. The smallest absolute Gasteiger partial charge is 0.138 e. The molecular weight excluding hydrogens is 226 g/mol. The molecule has 1 unspecified atom stereocenters. The Morgan fingerprint density at radius 1 is 1.39 bits per heavy atom. The number of hydrogen-bond donors (Lipinski definition) is 1. The number of aliphatic hydroxyl groups is 1. The molecular formula is C14H25N3O. The third-order valence-electron chi connectivity index (χ3n) is 3.92. The predicted octanol–water partition coefficient (Wildman–Crippen LogP) is 2.56. The summed E-state index contributed by atoms with van der Waals surface area (Å²) in [6, 6.07) is 0. The SMILES string of the molecule is CCCn1ncnc1CC1(O)CCCC(C)(C)C1. The molecule has 0 spiro atoms. The van der Waals surface area contributed by atoms with E-state index in [1.54, 1.807) is 6.33 Å². The fourth-order valence-corrected chi connectivity index (χ4v) is 3.23. The number of hydrogen-bond acceptors (Lipinski definition) is 3. The van der Waals surface area contributed by atoms with Gasteiger partial charge in [-0.15, -0.1) is 0 Å². The van der Waals surface area contributed by atoms with E-state index in [0.717, 1.165) is 38.1 Å². The molecule has 1 aliphatic carbocycles. The Labute approximate surface area is 109 Å². The van der Waals surface area contributed by atoms with Gasteiger partial charge in [0, 0.05) is 13.0 Å². The van der Waals surface area contributed by atoms with Crippen molar-refractivity contribution in [1.29, 1.82) is 0 Å². The highest BCUT2D eigenvalue weighted by Gasteiger charge is 2.39. The van der Waals surface area contributed by atoms with Crippen LogP contribution in [-0.4, -0.2) is 25.5 Å². The Bertz CT molecular complexity index is 399. The summed E-state index contributed by atoms with van der Waals surface area (Å²) < 4.78 is 1.93. The average Bonchev–Trinajstić information content (AvgIpc) is 2.63. The molecule has 0 radical (unpaired) electrons. The van der Waals surface area contributed by atoms with Gasteiger partial charge in [0.1, 0.15) is 12.2 Å². The zero-order chi connectivity index (χ0) is 13.2. The van der Waals surface area contributed by atoms with E-state index in [9.17, 15) is 5.11 Å². The van der Waals surface area contributed by atoms with E-state index in [1.165, 1.54) is 6.42 Å². The standard InChI is InChI=1S/C14H25N3O/c1-4-8-17-12(15-11-16-17)9-14(18)7-5-6-13(2,3)10-14/h11,18H,4-10H2,1-3H3. The summed E-state index contributed by atoms with van der Waals surface area (Å²) in [5, 5.41) is 15.0.